The van der Waals surface area contributed by atoms with Crippen molar-refractivity contribution in [1.82, 2.24) is 0 Å². The molecule has 0 unspecified atom stereocenters. The molecule has 2 N–H and O–H groups in total. The molecule has 1 aliphatic rings. The highest BCUT2D eigenvalue weighted by Gasteiger charge is 2.27. The predicted molar refractivity (Wildman–Crippen MR) is 53.9 cm³/mol. The second-order valence-electron chi connectivity index (χ2n) is 3.01. The minimum atomic E-state index is -0.548. The second kappa shape index (κ2) is 7.94. The maximum absolute atomic E-state index is 9.38. The van der Waals surface area contributed by atoms with Gasteiger partial charge in [0.1, 0.15) is 6.10 Å². The first kappa shape index (κ1) is 13.6. The molecular formula is C10H20O4. The molecule has 1 fully saturated rings. The Morgan fingerprint density at radius 1 is 1.43 bits per heavy atom. The fraction of sp³-hybridized carbons (Fsp3) is 0.800. The maximum Gasteiger partial charge on any atom is 0.155 e. The maximum atomic E-state index is 9.38. The summed E-state index contributed by atoms with van der Waals surface area (Å²) >= 11 is 0. The lowest BCUT2D eigenvalue weighted by atomic mass is 10.1. The second-order valence-corrected chi connectivity index (χ2v) is 3.01. The van der Waals surface area contributed by atoms with Gasteiger partial charge in [-0.05, 0) is 19.8 Å². The Balaban J connectivity index is 0.000000791. The lowest BCUT2D eigenvalue weighted by molar-refractivity contribution is -0.245. The molecule has 3 atom stereocenters. The summed E-state index contributed by atoms with van der Waals surface area (Å²) in [6, 6.07) is 0. The van der Waals surface area contributed by atoms with Crippen LogP contribution in [0.2, 0.25) is 0 Å². The van der Waals surface area contributed by atoms with Crippen LogP contribution in [0.5, 0.6) is 0 Å². The van der Waals surface area contributed by atoms with Gasteiger partial charge in [-0.25, -0.2) is 0 Å². The van der Waals surface area contributed by atoms with E-state index < -0.39 is 6.10 Å². The molecule has 0 saturated carbocycles. The number of aliphatic hydroxyl groups excluding tert-OH is 2. The topological polar surface area (TPSA) is 58.9 Å². The van der Waals surface area contributed by atoms with Crippen molar-refractivity contribution in [3.8, 4) is 0 Å². The Hall–Kier alpha value is -0.420. The summed E-state index contributed by atoms with van der Waals surface area (Å²) in [6.07, 6.45) is 0.380. The summed E-state index contributed by atoms with van der Waals surface area (Å²) in [6.45, 7) is 8.27. The van der Waals surface area contributed by atoms with Gasteiger partial charge in [-0.3, -0.25) is 0 Å². The molecule has 0 aliphatic carbocycles. The molecule has 14 heavy (non-hydrogen) atoms. The summed E-state index contributed by atoms with van der Waals surface area (Å²) in [7, 11) is 0. The number of ether oxygens (including phenoxy) is 2. The molecule has 0 aromatic heterocycles. The van der Waals surface area contributed by atoms with Gasteiger partial charge in [-0.15, -0.1) is 13.2 Å². The van der Waals surface area contributed by atoms with Crippen molar-refractivity contribution in [2.75, 3.05) is 13.2 Å². The van der Waals surface area contributed by atoms with Gasteiger partial charge in [0.2, 0.25) is 0 Å². The first-order valence-electron chi connectivity index (χ1n) is 4.80. The zero-order chi connectivity index (χ0) is 11.0. The van der Waals surface area contributed by atoms with E-state index in [0.29, 0.717) is 19.4 Å². The van der Waals surface area contributed by atoms with Crippen LogP contribution >= 0.6 is 0 Å². The predicted octanol–water partition coefficient (Wildman–Crippen LogP) is 0.683. The van der Waals surface area contributed by atoms with Gasteiger partial charge in [-0.1, -0.05) is 0 Å². The summed E-state index contributed by atoms with van der Waals surface area (Å²) in [4.78, 5) is 0. The average molecular weight is 204 g/mol. The third-order valence-electron chi connectivity index (χ3n) is 1.94. The highest BCUT2D eigenvalue weighted by molar-refractivity contribution is 4.72. The smallest absolute Gasteiger partial charge is 0.155 e. The van der Waals surface area contributed by atoms with Crippen molar-refractivity contribution in [1.29, 1.82) is 0 Å². The molecule has 0 spiro atoms. The van der Waals surface area contributed by atoms with Crippen molar-refractivity contribution >= 4 is 0 Å². The first-order chi connectivity index (χ1) is 6.74. The van der Waals surface area contributed by atoms with Gasteiger partial charge in [0.05, 0.1) is 12.7 Å². The van der Waals surface area contributed by atoms with Crippen LogP contribution in [0.3, 0.4) is 0 Å². The summed E-state index contributed by atoms with van der Waals surface area (Å²) in [5.41, 5.74) is 0. The SMILES string of the molecule is C=C.C[C@@H]1OC[C@@H](O)[C@H](CCCO)O1. The van der Waals surface area contributed by atoms with Crippen LogP contribution in [0.25, 0.3) is 0 Å². The summed E-state index contributed by atoms with van der Waals surface area (Å²) in [5.74, 6) is 0. The molecule has 4 heteroatoms. The van der Waals surface area contributed by atoms with Crippen molar-refractivity contribution in [2.24, 2.45) is 0 Å². The van der Waals surface area contributed by atoms with E-state index in [2.05, 4.69) is 13.2 Å². The lowest BCUT2D eigenvalue weighted by Gasteiger charge is -2.32. The molecule has 4 nitrogen and oxygen atoms in total. The Morgan fingerprint density at radius 3 is 2.64 bits per heavy atom. The number of hydrogen-bond donors (Lipinski definition) is 2. The fourth-order valence-electron chi connectivity index (χ4n) is 1.27. The van der Waals surface area contributed by atoms with Crippen LogP contribution < -0.4 is 0 Å². The Kier molecular flexibility index (Phi) is 7.70. The van der Waals surface area contributed by atoms with Crippen molar-refractivity contribution in [2.45, 2.75) is 38.3 Å². The normalized spacial score (nSPS) is 31.8. The molecule has 1 heterocycles. The molecule has 1 saturated heterocycles. The highest BCUT2D eigenvalue weighted by atomic mass is 16.7. The third-order valence-corrected chi connectivity index (χ3v) is 1.94. The molecule has 0 aromatic rings. The molecule has 0 amide bonds. The van der Waals surface area contributed by atoms with Crippen molar-refractivity contribution < 1.29 is 19.7 Å². The molecule has 1 rings (SSSR count). The molecular weight excluding hydrogens is 184 g/mol. The molecule has 0 radical (unpaired) electrons. The summed E-state index contributed by atoms with van der Waals surface area (Å²) < 4.78 is 10.4. The van der Waals surface area contributed by atoms with E-state index in [9.17, 15) is 5.11 Å². The van der Waals surface area contributed by atoms with Crippen molar-refractivity contribution in [3.63, 3.8) is 0 Å². The average Bonchev–Trinajstić information content (AvgIpc) is 2.22. The van der Waals surface area contributed by atoms with Gasteiger partial charge in [0, 0.05) is 6.61 Å². The van der Waals surface area contributed by atoms with Crippen LogP contribution in [0, 0.1) is 0 Å². The fourth-order valence-corrected chi connectivity index (χ4v) is 1.27. The van der Waals surface area contributed by atoms with E-state index in [1.54, 1.807) is 6.92 Å². The number of rotatable bonds is 3. The van der Waals surface area contributed by atoms with Gasteiger partial charge >= 0.3 is 0 Å². The van der Waals surface area contributed by atoms with Gasteiger partial charge < -0.3 is 19.7 Å². The van der Waals surface area contributed by atoms with E-state index in [-0.39, 0.29) is 19.0 Å². The monoisotopic (exact) mass is 204 g/mol. The van der Waals surface area contributed by atoms with Crippen LogP contribution in [-0.4, -0.2) is 41.9 Å². The van der Waals surface area contributed by atoms with E-state index in [4.69, 9.17) is 14.6 Å². The van der Waals surface area contributed by atoms with E-state index in [1.807, 2.05) is 0 Å². The Labute approximate surface area is 85.1 Å². The van der Waals surface area contributed by atoms with Gasteiger partial charge in [0.25, 0.3) is 0 Å². The standard InChI is InChI=1S/C8H16O4.C2H4/c1-6-11-5-7(10)8(12-6)3-2-4-9;1-2/h6-10H,2-5H2,1H3;1-2H2/t6-,7-,8+;/m1./s1. The van der Waals surface area contributed by atoms with E-state index in [1.165, 1.54) is 0 Å². The largest absolute Gasteiger partial charge is 0.396 e. The quantitative estimate of drug-likeness (QED) is 0.664. The van der Waals surface area contributed by atoms with Crippen LogP contribution in [-0.2, 0) is 9.47 Å². The van der Waals surface area contributed by atoms with Crippen LogP contribution in [0.15, 0.2) is 13.2 Å². The van der Waals surface area contributed by atoms with E-state index >= 15 is 0 Å². The minimum Gasteiger partial charge on any atom is -0.396 e. The molecule has 0 bridgehead atoms. The zero-order valence-electron chi connectivity index (χ0n) is 8.69. The first-order valence-corrected chi connectivity index (χ1v) is 4.80. The lowest BCUT2D eigenvalue weighted by Crippen LogP contribution is -2.42. The van der Waals surface area contributed by atoms with E-state index in [0.717, 1.165) is 0 Å². The molecule has 1 aliphatic heterocycles. The number of hydrogen-bond acceptors (Lipinski definition) is 4. The van der Waals surface area contributed by atoms with Crippen LogP contribution in [0.4, 0.5) is 0 Å². The van der Waals surface area contributed by atoms with Crippen LogP contribution in [0.1, 0.15) is 19.8 Å². The number of aliphatic hydroxyl groups is 2. The highest BCUT2D eigenvalue weighted by Crippen LogP contribution is 2.16. The van der Waals surface area contributed by atoms with Crippen molar-refractivity contribution in [3.05, 3.63) is 13.2 Å². The molecule has 0 aromatic carbocycles. The Bertz CT molecular complexity index is 140. The van der Waals surface area contributed by atoms with Gasteiger partial charge in [-0.2, -0.15) is 0 Å². The minimum absolute atomic E-state index is 0.141. The summed E-state index contributed by atoms with van der Waals surface area (Å²) in [5, 5.41) is 18.0. The molecule has 84 valence electrons. The van der Waals surface area contributed by atoms with Gasteiger partial charge in [0.15, 0.2) is 6.29 Å². The Morgan fingerprint density at radius 2 is 2.07 bits per heavy atom. The zero-order valence-corrected chi connectivity index (χ0v) is 8.69. The third kappa shape index (κ3) is 4.72.